The molecular formula is C21H26FN3O2. The van der Waals surface area contributed by atoms with Crippen LogP contribution in [-0.4, -0.2) is 34.7 Å². The first kappa shape index (κ1) is 19.1. The van der Waals surface area contributed by atoms with Crippen molar-refractivity contribution in [3.8, 4) is 11.1 Å². The summed E-state index contributed by atoms with van der Waals surface area (Å²) >= 11 is 0. The van der Waals surface area contributed by atoms with Crippen LogP contribution in [0.4, 0.5) is 14.9 Å². The quantitative estimate of drug-likeness (QED) is 0.784. The number of rotatable bonds is 2. The highest BCUT2D eigenvalue weighted by atomic mass is 19.1. The van der Waals surface area contributed by atoms with Crippen LogP contribution in [-0.2, 0) is 4.74 Å². The van der Waals surface area contributed by atoms with E-state index in [2.05, 4.69) is 4.98 Å². The number of benzene rings is 1. The Balaban J connectivity index is 1.62. The number of amides is 1. The van der Waals surface area contributed by atoms with Gasteiger partial charge in [0.1, 0.15) is 11.4 Å². The van der Waals surface area contributed by atoms with Crippen molar-refractivity contribution < 1.29 is 13.9 Å². The Morgan fingerprint density at radius 2 is 1.85 bits per heavy atom. The number of hydrogen-bond donors (Lipinski definition) is 1. The number of pyridine rings is 1. The van der Waals surface area contributed by atoms with Gasteiger partial charge in [-0.1, -0.05) is 12.1 Å². The normalized spacial score (nSPS) is 15.6. The number of nitrogens with two attached hydrogens (primary N) is 1. The first-order valence-corrected chi connectivity index (χ1v) is 9.22. The van der Waals surface area contributed by atoms with E-state index in [9.17, 15) is 9.18 Å². The number of aromatic nitrogens is 1. The fourth-order valence-corrected chi connectivity index (χ4v) is 3.21. The van der Waals surface area contributed by atoms with Gasteiger partial charge in [-0.3, -0.25) is 4.98 Å². The predicted octanol–water partition coefficient (Wildman–Crippen LogP) is 4.58. The minimum atomic E-state index is -0.479. The van der Waals surface area contributed by atoms with Gasteiger partial charge in [-0.05, 0) is 57.4 Å². The Kier molecular flexibility index (Phi) is 5.35. The van der Waals surface area contributed by atoms with Crippen molar-refractivity contribution >= 4 is 11.8 Å². The standard InChI is InChI=1S/C21H26FN3O2/c1-21(2,3)27-20(26)25-10-8-14(9-11-25)19-7-5-16(13-24-19)15-4-6-18(23)17(22)12-15/h4-7,12-14H,8-11,23H2,1-3H3. The number of anilines is 1. The summed E-state index contributed by atoms with van der Waals surface area (Å²) in [7, 11) is 0. The van der Waals surface area contributed by atoms with Crippen LogP contribution in [0.3, 0.4) is 0 Å². The molecule has 1 fully saturated rings. The van der Waals surface area contributed by atoms with Gasteiger partial charge >= 0.3 is 6.09 Å². The lowest BCUT2D eigenvalue weighted by Gasteiger charge is -2.33. The molecule has 2 N–H and O–H groups in total. The lowest BCUT2D eigenvalue weighted by molar-refractivity contribution is 0.0204. The summed E-state index contributed by atoms with van der Waals surface area (Å²) in [5.74, 6) is -0.119. The molecule has 2 heterocycles. The summed E-state index contributed by atoms with van der Waals surface area (Å²) in [5.41, 5.74) is 7.79. The number of nitrogens with zero attached hydrogens (tertiary/aromatic N) is 2. The molecule has 1 aliphatic rings. The maximum atomic E-state index is 13.7. The molecule has 2 aromatic rings. The van der Waals surface area contributed by atoms with Gasteiger partial charge in [0.15, 0.2) is 0 Å². The summed E-state index contributed by atoms with van der Waals surface area (Å²) in [4.78, 5) is 18.5. The molecule has 0 radical (unpaired) electrons. The van der Waals surface area contributed by atoms with Gasteiger partial charge in [0.2, 0.25) is 0 Å². The molecule has 5 nitrogen and oxygen atoms in total. The van der Waals surface area contributed by atoms with Crippen LogP contribution in [0.25, 0.3) is 11.1 Å². The molecule has 6 heteroatoms. The van der Waals surface area contributed by atoms with Crippen molar-refractivity contribution in [1.82, 2.24) is 9.88 Å². The molecule has 1 amide bonds. The molecule has 1 aromatic carbocycles. The second-order valence-corrected chi connectivity index (χ2v) is 7.95. The third-order valence-electron chi connectivity index (χ3n) is 4.69. The Labute approximate surface area is 159 Å². The molecule has 0 aliphatic carbocycles. The lowest BCUT2D eigenvalue weighted by Crippen LogP contribution is -2.41. The molecular weight excluding hydrogens is 345 g/mol. The van der Waals surface area contributed by atoms with Crippen molar-refractivity contribution in [2.24, 2.45) is 0 Å². The Hall–Kier alpha value is -2.63. The van der Waals surface area contributed by atoms with Crippen molar-refractivity contribution in [3.63, 3.8) is 0 Å². The fraction of sp³-hybridized carbons (Fsp3) is 0.429. The Morgan fingerprint density at radius 3 is 2.41 bits per heavy atom. The first-order valence-electron chi connectivity index (χ1n) is 9.22. The molecule has 0 atom stereocenters. The van der Waals surface area contributed by atoms with Gasteiger partial charge in [0, 0.05) is 36.5 Å². The third kappa shape index (κ3) is 4.76. The van der Waals surface area contributed by atoms with Gasteiger partial charge in [0.05, 0.1) is 5.69 Å². The van der Waals surface area contributed by atoms with E-state index in [1.54, 1.807) is 23.2 Å². The van der Waals surface area contributed by atoms with E-state index in [-0.39, 0.29) is 11.8 Å². The molecule has 144 valence electrons. The number of halogens is 1. The van der Waals surface area contributed by atoms with Crippen LogP contribution in [0, 0.1) is 5.82 Å². The van der Waals surface area contributed by atoms with E-state index in [0.29, 0.717) is 19.0 Å². The molecule has 27 heavy (non-hydrogen) atoms. The minimum absolute atomic E-state index is 0.139. The SMILES string of the molecule is CC(C)(C)OC(=O)N1CCC(c2ccc(-c3ccc(N)c(F)c3)cn2)CC1. The van der Waals surface area contributed by atoms with E-state index in [4.69, 9.17) is 10.5 Å². The van der Waals surface area contributed by atoms with Crippen molar-refractivity contribution in [2.45, 2.75) is 45.1 Å². The number of piperidine rings is 1. The Morgan fingerprint density at radius 1 is 1.19 bits per heavy atom. The van der Waals surface area contributed by atoms with Crippen LogP contribution in [0.2, 0.25) is 0 Å². The zero-order valence-electron chi connectivity index (χ0n) is 16.0. The number of likely N-dealkylation sites (tertiary alicyclic amines) is 1. The van der Waals surface area contributed by atoms with Crippen LogP contribution in [0.1, 0.15) is 45.2 Å². The summed E-state index contributed by atoms with van der Waals surface area (Å²) in [6, 6.07) is 8.70. The summed E-state index contributed by atoms with van der Waals surface area (Å²) < 4.78 is 19.1. The van der Waals surface area contributed by atoms with Crippen LogP contribution in [0.5, 0.6) is 0 Å². The molecule has 0 spiro atoms. The van der Waals surface area contributed by atoms with Crippen molar-refractivity contribution in [2.75, 3.05) is 18.8 Å². The topological polar surface area (TPSA) is 68.5 Å². The summed E-state index contributed by atoms with van der Waals surface area (Å²) in [6.07, 6.45) is 3.21. The van der Waals surface area contributed by atoms with E-state index >= 15 is 0 Å². The highest BCUT2D eigenvalue weighted by Crippen LogP contribution is 2.29. The van der Waals surface area contributed by atoms with E-state index in [1.807, 2.05) is 32.9 Å². The van der Waals surface area contributed by atoms with Crippen molar-refractivity contribution in [1.29, 1.82) is 0 Å². The predicted molar refractivity (Wildman–Crippen MR) is 104 cm³/mol. The van der Waals surface area contributed by atoms with Gasteiger partial charge in [-0.15, -0.1) is 0 Å². The maximum absolute atomic E-state index is 13.7. The molecule has 1 saturated heterocycles. The van der Waals surface area contributed by atoms with E-state index < -0.39 is 11.4 Å². The first-order chi connectivity index (χ1) is 12.7. The number of nitrogen functional groups attached to an aromatic ring is 1. The smallest absolute Gasteiger partial charge is 0.410 e. The summed E-state index contributed by atoms with van der Waals surface area (Å²) in [6.45, 7) is 6.93. The summed E-state index contributed by atoms with van der Waals surface area (Å²) in [5, 5.41) is 0. The molecule has 0 saturated carbocycles. The van der Waals surface area contributed by atoms with Gasteiger partial charge in [0.25, 0.3) is 0 Å². The number of ether oxygens (including phenoxy) is 1. The average molecular weight is 371 g/mol. The highest BCUT2D eigenvalue weighted by Gasteiger charge is 2.27. The van der Waals surface area contributed by atoms with Gasteiger partial charge in [-0.2, -0.15) is 0 Å². The zero-order chi connectivity index (χ0) is 19.6. The van der Waals surface area contributed by atoms with E-state index in [0.717, 1.165) is 29.7 Å². The minimum Gasteiger partial charge on any atom is -0.444 e. The molecule has 0 bridgehead atoms. The third-order valence-corrected chi connectivity index (χ3v) is 4.69. The molecule has 0 unspecified atom stereocenters. The fourth-order valence-electron chi connectivity index (χ4n) is 3.21. The maximum Gasteiger partial charge on any atom is 0.410 e. The number of hydrogen-bond acceptors (Lipinski definition) is 4. The second-order valence-electron chi connectivity index (χ2n) is 7.95. The Bertz CT molecular complexity index is 807. The second kappa shape index (κ2) is 7.55. The van der Waals surface area contributed by atoms with Crippen LogP contribution in [0.15, 0.2) is 36.5 Å². The highest BCUT2D eigenvalue weighted by molar-refractivity contribution is 5.68. The van der Waals surface area contributed by atoms with Gasteiger partial charge < -0.3 is 15.4 Å². The van der Waals surface area contributed by atoms with Crippen molar-refractivity contribution in [3.05, 3.63) is 48.0 Å². The zero-order valence-corrected chi connectivity index (χ0v) is 16.0. The molecule has 1 aliphatic heterocycles. The van der Waals surface area contributed by atoms with Crippen LogP contribution >= 0.6 is 0 Å². The number of carbonyl (C=O) groups is 1. The average Bonchev–Trinajstić information content (AvgIpc) is 2.63. The lowest BCUT2D eigenvalue weighted by atomic mass is 9.92. The molecule has 3 rings (SSSR count). The monoisotopic (exact) mass is 371 g/mol. The molecule has 1 aromatic heterocycles. The largest absolute Gasteiger partial charge is 0.444 e. The number of carbonyl (C=O) groups excluding carboxylic acids is 1. The van der Waals surface area contributed by atoms with E-state index in [1.165, 1.54) is 6.07 Å². The van der Waals surface area contributed by atoms with Crippen LogP contribution < -0.4 is 5.73 Å². The van der Waals surface area contributed by atoms with Gasteiger partial charge in [-0.25, -0.2) is 9.18 Å².